The maximum absolute atomic E-state index is 13.5. The minimum Gasteiger partial charge on any atom is -0.342 e. The molecule has 0 aliphatic carbocycles. The lowest BCUT2D eigenvalue weighted by Crippen LogP contribution is -2.58. The molecule has 0 aliphatic heterocycles. The molecule has 0 fully saturated rings. The number of ketones is 1. The van der Waals surface area contributed by atoms with Gasteiger partial charge in [-0.1, -0.05) is 24.3 Å². The molecule has 0 saturated carbocycles. The van der Waals surface area contributed by atoms with E-state index in [1.54, 1.807) is 6.07 Å². The fourth-order valence-corrected chi connectivity index (χ4v) is 3.73. The Bertz CT molecular complexity index is 1310. The van der Waals surface area contributed by atoms with Crippen LogP contribution < -0.4 is 5.62 Å². The summed E-state index contributed by atoms with van der Waals surface area (Å²) >= 11 is 9.12. The van der Waals surface area contributed by atoms with Crippen LogP contribution in [0.3, 0.4) is 0 Å². The Morgan fingerprint density at radius 3 is 2.38 bits per heavy atom. The summed E-state index contributed by atoms with van der Waals surface area (Å²) in [5, 5.41) is 66.1. The van der Waals surface area contributed by atoms with Crippen molar-refractivity contribution in [3.8, 4) is 6.07 Å². The van der Waals surface area contributed by atoms with E-state index in [1.807, 2.05) is 0 Å². The zero-order valence-corrected chi connectivity index (χ0v) is 18.9. The Kier molecular flexibility index (Phi) is 6.98. The van der Waals surface area contributed by atoms with Gasteiger partial charge in [0.2, 0.25) is 5.62 Å². The number of rotatable bonds is 6. The SMILES string of the molecule is C=C(F)/C=C(C(=O)c1c(Br)cc2c(c1C#N)n(C)c(=N)n2C(O)(O)C(O)(O)O)\C(Cl)=C/C. The highest BCUT2D eigenvalue weighted by Gasteiger charge is 2.50. The molecule has 1 aromatic heterocycles. The van der Waals surface area contributed by atoms with Crippen LogP contribution >= 0.6 is 27.5 Å². The first kappa shape index (κ1) is 25.6. The monoisotopic (exact) mass is 530 g/mol. The van der Waals surface area contributed by atoms with Crippen molar-refractivity contribution in [2.75, 3.05) is 0 Å². The number of halogens is 3. The van der Waals surface area contributed by atoms with Gasteiger partial charge in [0.25, 0.3) is 0 Å². The standard InChI is InChI=1S/C19H17BrClFN4O6/c1-4-12(21)9(5-8(2)22)16(27)14-10(7-23)15-13(6-11(14)20)26(17(24)25(15)3)18(28,29)19(30,31)32/h4-6,24,28-32H,2H2,1,3H3/b9-5+,12-4+,24-17?. The second-order valence-corrected chi connectivity index (χ2v) is 7.81. The van der Waals surface area contributed by atoms with E-state index in [4.69, 9.17) is 17.0 Å². The summed E-state index contributed by atoms with van der Waals surface area (Å²) in [6.07, 6.45) is 2.09. The Morgan fingerprint density at radius 1 is 1.38 bits per heavy atom. The number of nitriles is 1. The topological polar surface area (TPSA) is 176 Å². The predicted molar refractivity (Wildman–Crippen MR) is 113 cm³/mol. The van der Waals surface area contributed by atoms with Crippen LogP contribution in [0.5, 0.6) is 0 Å². The molecule has 0 aliphatic rings. The van der Waals surface area contributed by atoms with Crippen molar-refractivity contribution >= 4 is 44.3 Å². The minimum atomic E-state index is -4.10. The Hall–Kier alpha value is -2.63. The second-order valence-electron chi connectivity index (χ2n) is 6.55. The molecule has 1 heterocycles. The molecule has 13 heteroatoms. The summed E-state index contributed by atoms with van der Waals surface area (Å²) in [5.41, 5.74) is -2.37. The van der Waals surface area contributed by atoms with E-state index in [2.05, 4.69) is 22.5 Å². The number of Topliss-reactive ketones (excluding diaryl/α,β-unsaturated/α-hetero) is 1. The smallest absolute Gasteiger partial charge is 0.342 e. The van der Waals surface area contributed by atoms with Crippen LogP contribution in [-0.4, -0.2) is 46.4 Å². The third kappa shape index (κ3) is 4.07. The fourth-order valence-electron chi connectivity index (χ4n) is 2.99. The molecule has 10 nitrogen and oxygen atoms in total. The zero-order valence-electron chi connectivity index (χ0n) is 16.6. The largest absolute Gasteiger partial charge is 0.355 e. The highest BCUT2D eigenvalue weighted by atomic mass is 79.9. The highest BCUT2D eigenvalue weighted by molar-refractivity contribution is 9.10. The molecule has 2 rings (SSSR count). The van der Waals surface area contributed by atoms with Gasteiger partial charge in [0.15, 0.2) is 5.78 Å². The second kappa shape index (κ2) is 8.72. The molecule has 0 spiro atoms. The van der Waals surface area contributed by atoms with Crippen molar-refractivity contribution in [2.24, 2.45) is 7.05 Å². The molecule has 170 valence electrons. The van der Waals surface area contributed by atoms with Gasteiger partial charge in [-0.25, -0.2) is 4.39 Å². The number of nitrogens with one attached hydrogen (secondary N) is 1. The molecule has 0 bridgehead atoms. The van der Waals surface area contributed by atoms with Gasteiger partial charge in [0.05, 0.1) is 22.2 Å². The van der Waals surface area contributed by atoms with Crippen molar-refractivity contribution in [1.29, 1.82) is 10.7 Å². The average molecular weight is 532 g/mol. The zero-order chi connectivity index (χ0) is 24.8. The number of aryl methyl sites for hydroxylation is 1. The predicted octanol–water partition coefficient (Wildman–Crippen LogP) is 1.05. The first-order valence-corrected chi connectivity index (χ1v) is 9.72. The van der Waals surface area contributed by atoms with Gasteiger partial charge in [0, 0.05) is 22.1 Å². The number of hydrogen-bond acceptors (Lipinski definition) is 8. The van der Waals surface area contributed by atoms with Crippen molar-refractivity contribution in [3.63, 3.8) is 0 Å². The van der Waals surface area contributed by atoms with E-state index in [0.717, 1.165) is 16.7 Å². The number of nitrogens with zero attached hydrogens (tertiary/aromatic N) is 3. The van der Waals surface area contributed by atoms with Crippen molar-refractivity contribution in [2.45, 2.75) is 18.8 Å². The van der Waals surface area contributed by atoms with E-state index < -0.39 is 29.1 Å². The molecule has 0 atom stereocenters. The van der Waals surface area contributed by atoms with Crippen molar-refractivity contribution in [3.05, 3.63) is 62.4 Å². The minimum absolute atomic E-state index is 0.114. The Morgan fingerprint density at radius 2 is 1.94 bits per heavy atom. The lowest BCUT2D eigenvalue weighted by atomic mass is 9.96. The van der Waals surface area contributed by atoms with E-state index in [1.165, 1.54) is 20.0 Å². The quantitative estimate of drug-likeness (QED) is 0.140. The number of carbonyl (C=O) groups is 1. The molecule has 32 heavy (non-hydrogen) atoms. The molecule has 2 aromatic rings. The highest BCUT2D eigenvalue weighted by Crippen LogP contribution is 2.35. The molecular formula is C19H17BrClFN4O6. The van der Waals surface area contributed by atoms with Crippen LogP contribution in [0, 0.1) is 16.7 Å². The van der Waals surface area contributed by atoms with Crippen LogP contribution in [0.15, 0.2) is 45.7 Å². The molecule has 1 aromatic carbocycles. The summed E-state index contributed by atoms with van der Waals surface area (Å²) in [7, 11) is 1.22. The Labute approximate surface area is 193 Å². The average Bonchev–Trinajstić information content (AvgIpc) is 2.93. The van der Waals surface area contributed by atoms with E-state index in [9.17, 15) is 40.0 Å². The van der Waals surface area contributed by atoms with Gasteiger partial charge in [-0.15, -0.1) is 0 Å². The lowest BCUT2D eigenvalue weighted by molar-refractivity contribution is -0.480. The number of benzene rings is 1. The molecule has 6 N–H and O–H groups in total. The van der Waals surface area contributed by atoms with Crippen LogP contribution in [-0.2, 0) is 13.0 Å². The van der Waals surface area contributed by atoms with Gasteiger partial charge < -0.3 is 30.1 Å². The summed E-state index contributed by atoms with van der Waals surface area (Å²) in [5.74, 6) is -9.81. The maximum Gasteiger partial charge on any atom is 0.355 e. The van der Waals surface area contributed by atoms with Gasteiger partial charge >= 0.3 is 11.9 Å². The van der Waals surface area contributed by atoms with Gasteiger partial charge in [0.1, 0.15) is 11.9 Å². The molecule has 0 unspecified atom stereocenters. The number of imidazole rings is 1. The molecular weight excluding hydrogens is 515 g/mol. The summed E-state index contributed by atoms with van der Waals surface area (Å²) in [6.45, 7) is 4.56. The van der Waals surface area contributed by atoms with E-state index >= 15 is 0 Å². The van der Waals surface area contributed by atoms with Crippen LogP contribution in [0.25, 0.3) is 11.0 Å². The van der Waals surface area contributed by atoms with Gasteiger partial charge in [-0.05, 0) is 35.0 Å². The van der Waals surface area contributed by atoms with E-state index in [0.29, 0.717) is 0 Å². The summed E-state index contributed by atoms with van der Waals surface area (Å²) in [6, 6.07) is 2.84. The summed E-state index contributed by atoms with van der Waals surface area (Å²) < 4.78 is 14.5. The van der Waals surface area contributed by atoms with E-state index in [-0.39, 0.29) is 41.8 Å². The third-order valence-electron chi connectivity index (χ3n) is 4.49. The van der Waals surface area contributed by atoms with Gasteiger partial charge in [-0.2, -0.15) is 5.26 Å². The van der Waals surface area contributed by atoms with Crippen molar-refractivity contribution < 1.29 is 34.7 Å². The summed E-state index contributed by atoms with van der Waals surface area (Å²) in [4.78, 5) is 13.2. The number of allylic oxidation sites excluding steroid dienone is 5. The first-order chi connectivity index (χ1) is 14.6. The Balaban J connectivity index is 3.05. The lowest BCUT2D eigenvalue weighted by Gasteiger charge is -2.30. The maximum atomic E-state index is 13.5. The fraction of sp³-hybridized carbons (Fsp3) is 0.211. The van der Waals surface area contributed by atoms with Gasteiger partial charge in [-0.3, -0.25) is 14.8 Å². The molecule has 0 amide bonds. The van der Waals surface area contributed by atoms with Crippen LogP contribution in [0.2, 0.25) is 0 Å². The third-order valence-corrected chi connectivity index (χ3v) is 5.54. The normalized spacial score (nSPS) is 13.4. The number of carbonyl (C=O) groups excluding carboxylic acids is 1. The number of aromatic nitrogens is 2. The van der Waals surface area contributed by atoms with Crippen LogP contribution in [0.4, 0.5) is 4.39 Å². The number of aliphatic hydroxyl groups is 5. The number of fused-ring (bicyclic) bond motifs is 1. The molecule has 0 saturated heterocycles. The van der Waals surface area contributed by atoms with Crippen molar-refractivity contribution in [1.82, 2.24) is 9.13 Å². The number of hydrogen-bond donors (Lipinski definition) is 6. The molecule has 0 radical (unpaired) electrons. The first-order valence-electron chi connectivity index (χ1n) is 8.55. The van der Waals surface area contributed by atoms with Crippen LogP contribution in [0.1, 0.15) is 22.8 Å².